The van der Waals surface area contributed by atoms with Crippen LogP contribution in [0.15, 0.2) is 188 Å². The molecule has 3 aromatic heterocycles. The molecule has 0 atom stereocenters. The lowest BCUT2D eigenvalue weighted by atomic mass is 9.73. The quantitative estimate of drug-likeness (QED) is 0.0956. The highest BCUT2D eigenvalue weighted by Crippen LogP contribution is 2.45. The third-order valence-corrected chi connectivity index (χ3v) is 16.0. The second-order valence-electron chi connectivity index (χ2n) is 25.7. The minimum absolute atomic E-state index is 0.0442. The van der Waals surface area contributed by atoms with Gasteiger partial charge in [0.05, 0.1) is 33.8 Å². The maximum absolute atomic E-state index is 7.29. The summed E-state index contributed by atoms with van der Waals surface area (Å²) < 4.78 is 14.3. The van der Waals surface area contributed by atoms with Crippen LogP contribution in [0.5, 0.6) is 11.5 Å². The number of rotatable bonds is 11. The maximum Gasteiger partial charge on any atom is 0.269 e. The lowest BCUT2D eigenvalue weighted by Crippen LogP contribution is -2.43. The van der Waals surface area contributed by atoms with E-state index >= 15 is 0 Å². The van der Waals surface area contributed by atoms with Gasteiger partial charge in [-0.1, -0.05) is 219 Å². The van der Waals surface area contributed by atoms with Gasteiger partial charge in [-0.05, 0) is 116 Å². The number of para-hydroxylation sites is 1. The fourth-order valence-corrected chi connectivity index (χ4v) is 11.1. The lowest BCUT2D eigenvalue weighted by Gasteiger charge is -2.35. The van der Waals surface area contributed by atoms with Crippen LogP contribution in [0.25, 0.3) is 39.0 Å². The molecule has 0 spiro atoms. The van der Waals surface area contributed by atoms with E-state index in [0.29, 0.717) is 0 Å². The molecule has 5 heteroatoms. The highest BCUT2D eigenvalue weighted by Gasteiger charge is 2.41. The molecule has 0 saturated heterocycles. The Morgan fingerprint density at radius 1 is 0.408 bits per heavy atom. The molecule has 0 N–H and O–H groups in total. The van der Waals surface area contributed by atoms with Crippen molar-refractivity contribution in [2.24, 2.45) is 0 Å². The molecule has 0 aliphatic carbocycles. The van der Waals surface area contributed by atoms with Gasteiger partial charge in [-0.3, -0.25) is 13.7 Å². The molecule has 386 valence electrons. The van der Waals surface area contributed by atoms with Crippen LogP contribution in [-0.2, 0) is 32.5 Å². The van der Waals surface area contributed by atoms with Gasteiger partial charge in [-0.25, -0.2) is 4.98 Å². The highest BCUT2D eigenvalue weighted by atomic mass is 16.5. The topological polar surface area (TPSA) is 35.9 Å². The van der Waals surface area contributed by atoms with Crippen molar-refractivity contribution in [2.45, 2.75) is 136 Å². The number of imidazole rings is 1. The van der Waals surface area contributed by atoms with Gasteiger partial charge in [-0.2, -0.15) is 0 Å². The van der Waals surface area contributed by atoms with Crippen LogP contribution in [0.4, 0.5) is 0 Å². The Morgan fingerprint density at radius 2 is 0.934 bits per heavy atom. The van der Waals surface area contributed by atoms with Crippen molar-refractivity contribution in [3.05, 3.63) is 245 Å². The molecule has 0 aliphatic heterocycles. The number of ether oxygens (including phenoxy) is 1. The Hall–Kier alpha value is -7.50. The molecule has 0 amide bonds. The van der Waals surface area contributed by atoms with Gasteiger partial charge in [0.25, 0.3) is 6.33 Å². The first kappa shape index (κ1) is 52.0. The van der Waals surface area contributed by atoms with Gasteiger partial charge in [0.1, 0.15) is 17.3 Å². The summed E-state index contributed by atoms with van der Waals surface area (Å²) in [6, 6.07) is 66.3. The first-order valence-electron chi connectivity index (χ1n) is 27.1. The molecule has 76 heavy (non-hydrogen) atoms. The van der Waals surface area contributed by atoms with Crippen molar-refractivity contribution in [3.63, 3.8) is 0 Å². The highest BCUT2D eigenvalue weighted by molar-refractivity contribution is 6.09. The average molecular weight is 1000 g/mol. The molecule has 10 rings (SSSR count). The molecule has 0 fully saturated rings. The summed E-state index contributed by atoms with van der Waals surface area (Å²) in [5, 5.41) is 2.31. The molecular formula is C71H76N4O. The number of hydrogen-bond donors (Lipinski definition) is 0. The van der Waals surface area contributed by atoms with Crippen molar-refractivity contribution >= 4 is 21.8 Å². The van der Waals surface area contributed by atoms with E-state index in [1.807, 2.05) is 6.20 Å². The number of pyridine rings is 1. The molecule has 5 nitrogen and oxygen atoms in total. The number of fused-ring (bicyclic) bond motifs is 3. The number of aromatic nitrogens is 4. The SMILES string of the molecule is CC(C)(C)c1cc(-[n+]2[c-]n(-c3cc(Oc4ccc5c6ccccc6n(-c6cc(C(C)(C)C)ccn6)c5c4)cc(C(C)(C)c4ccccc4)c3)c(C(C)(C)c3ccccc3)c2C(C)(C)c2ccccc2)cc(C(C)(C)C)c1. The van der Waals surface area contributed by atoms with Crippen LogP contribution in [0.1, 0.15) is 154 Å². The molecule has 0 aliphatic rings. The van der Waals surface area contributed by atoms with Crippen LogP contribution in [0, 0.1) is 6.33 Å². The Morgan fingerprint density at radius 3 is 1.51 bits per heavy atom. The van der Waals surface area contributed by atoms with Crippen LogP contribution in [-0.4, -0.2) is 14.1 Å². The Labute approximate surface area is 452 Å². The van der Waals surface area contributed by atoms with E-state index < -0.39 is 16.2 Å². The van der Waals surface area contributed by atoms with Gasteiger partial charge in [-0.15, -0.1) is 0 Å². The molecule has 3 heterocycles. The summed E-state index contributed by atoms with van der Waals surface area (Å²) in [5.41, 5.74) is 13.4. The predicted octanol–water partition coefficient (Wildman–Crippen LogP) is 17.7. The fraction of sp³-hybridized carbons (Fsp3) is 0.296. The predicted molar refractivity (Wildman–Crippen MR) is 317 cm³/mol. The third-order valence-electron chi connectivity index (χ3n) is 16.0. The van der Waals surface area contributed by atoms with E-state index in [9.17, 15) is 0 Å². The summed E-state index contributed by atoms with van der Waals surface area (Å²) >= 11 is 0. The van der Waals surface area contributed by atoms with Gasteiger partial charge in [0.2, 0.25) is 0 Å². The number of hydrogen-bond acceptors (Lipinski definition) is 2. The standard InChI is InChI=1S/C71H76N4O/c1-66(2,3)51-37-38-72-63(44-51)75-61-34-26-25-33-59(61)60-36-35-57(46-62(60)75)76-58-43-54(69(10,11)48-27-19-16-20-28-48)42-56(45-58)74-47-73(55-40-52(67(4,5)6)39-53(41-55)68(7,8)9)64(70(12,13)49-29-21-17-22-30-49)65(74)71(14,15)50-31-23-18-24-32-50/h16-46H,1-15H3. The Kier molecular flexibility index (Phi) is 13.0. The third kappa shape index (κ3) is 9.59. The second kappa shape index (κ2) is 19.0. The van der Waals surface area contributed by atoms with E-state index in [-0.39, 0.29) is 16.2 Å². The molecular weight excluding hydrogens is 925 g/mol. The van der Waals surface area contributed by atoms with E-state index in [4.69, 9.17) is 9.72 Å². The van der Waals surface area contributed by atoms with Gasteiger partial charge in [0, 0.05) is 39.3 Å². The summed E-state index contributed by atoms with van der Waals surface area (Å²) in [5.74, 6) is 2.35. The lowest BCUT2D eigenvalue weighted by molar-refractivity contribution is -0.611. The average Bonchev–Trinajstić information content (AvgIpc) is 4.15. The molecule has 10 aromatic rings. The zero-order valence-corrected chi connectivity index (χ0v) is 47.6. The minimum atomic E-state index is -0.526. The van der Waals surface area contributed by atoms with Crippen LogP contribution >= 0.6 is 0 Å². The molecule has 0 unspecified atom stereocenters. The maximum atomic E-state index is 7.29. The van der Waals surface area contributed by atoms with E-state index in [2.05, 4.69) is 306 Å². The first-order chi connectivity index (χ1) is 35.8. The molecule has 0 bridgehead atoms. The van der Waals surface area contributed by atoms with Crippen molar-refractivity contribution in [2.75, 3.05) is 0 Å². The first-order valence-corrected chi connectivity index (χ1v) is 27.1. The monoisotopic (exact) mass is 1000 g/mol. The smallest absolute Gasteiger partial charge is 0.269 e. The van der Waals surface area contributed by atoms with Crippen LogP contribution < -0.4 is 9.30 Å². The summed E-state index contributed by atoms with van der Waals surface area (Å²) in [7, 11) is 0. The van der Waals surface area contributed by atoms with E-state index in [1.54, 1.807) is 0 Å². The number of benzene rings is 7. The van der Waals surface area contributed by atoms with Crippen LogP contribution in [0.3, 0.4) is 0 Å². The second-order valence-corrected chi connectivity index (χ2v) is 25.7. The van der Waals surface area contributed by atoms with Crippen molar-refractivity contribution in [1.29, 1.82) is 0 Å². The van der Waals surface area contributed by atoms with E-state index in [1.165, 1.54) is 38.8 Å². The Bertz CT molecular complexity index is 3710. The van der Waals surface area contributed by atoms with E-state index in [0.717, 1.165) is 62.1 Å². The largest absolute Gasteiger partial charge is 0.458 e. The fourth-order valence-electron chi connectivity index (χ4n) is 11.1. The van der Waals surface area contributed by atoms with Crippen molar-refractivity contribution in [1.82, 2.24) is 14.1 Å². The van der Waals surface area contributed by atoms with Crippen molar-refractivity contribution in [3.8, 4) is 28.7 Å². The van der Waals surface area contributed by atoms with Gasteiger partial charge < -0.3 is 4.74 Å². The molecule has 0 radical (unpaired) electrons. The normalized spacial score (nSPS) is 12.9. The van der Waals surface area contributed by atoms with Gasteiger partial charge >= 0.3 is 0 Å². The zero-order chi connectivity index (χ0) is 54.2. The van der Waals surface area contributed by atoms with Crippen molar-refractivity contribution < 1.29 is 9.30 Å². The van der Waals surface area contributed by atoms with Gasteiger partial charge in [0.15, 0.2) is 0 Å². The van der Waals surface area contributed by atoms with Crippen LogP contribution in [0.2, 0.25) is 0 Å². The summed E-state index contributed by atoms with van der Waals surface area (Å²) in [6.07, 6.45) is 6.08. The Balaban J connectivity index is 1.27. The molecule has 0 saturated carbocycles. The molecule has 7 aromatic carbocycles. The zero-order valence-electron chi connectivity index (χ0n) is 47.6. The summed E-state index contributed by atoms with van der Waals surface area (Å²) in [4.78, 5) is 4.99. The summed E-state index contributed by atoms with van der Waals surface area (Å²) in [6.45, 7) is 34.8. The minimum Gasteiger partial charge on any atom is -0.458 e. The number of nitrogens with zero attached hydrogens (tertiary/aromatic N) is 4.